The van der Waals surface area contributed by atoms with Gasteiger partial charge in [-0.1, -0.05) is 12.1 Å². The number of thiophene rings is 1. The Kier molecular flexibility index (Phi) is 4.86. The summed E-state index contributed by atoms with van der Waals surface area (Å²) in [6, 6.07) is 9.68. The third-order valence-corrected chi connectivity index (χ3v) is 3.57. The van der Waals surface area contributed by atoms with Crippen molar-refractivity contribution in [2.75, 3.05) is 6.54 Å². The summed E-state index contributed by atoms with van der Waals surface area (Å²) in [4.78, 5) is 19.3. The van der Waals surface area contributed by atoms with E-state index < -0.39 is 0 Å². The molecule has 0 atom stereocenters. The molecule has 2 rings (SSSR count). The van der Waals surface area contributed by atoms with Gasteiger partial charge in [0.15, 0.2) is 0 Å². The molecule has 0 aliphatic carbocycles. The van der Waals surface area contributed by atoms with Gasteiger partial charge >= 0.3 is 0 Å². The number of hydrogen-bond acceptors (Lipinski definition) is 3. The molecule has 0 aliphatic rings. The van der Waals surface area contributed by atoms with Gasteiger partial charge in [-0.2, -0.15) is 0 Å². The van der Waals surface area contributed by atoms with Gasteiger partial charge in [-0.05, 0) is 36.6 Å². The van der Waals surface area contributed by atoms with E-state index >= 15 is 0 Å². The first kappa shape index (κ1) is 13.5. The molecule has 2 aromatic heterocycles. The maximum atomic E-state index is 12.1. The Morgan fingerprint density at radius 2 is 2.26 bits per heavy atom. The van der Waals surface area contributed by atoms with Crippen molar-refractivity contribution in [2.24, 2.45) is 0 Å². The van der Waals surface area contributed by atoms with Crippen LogP contribution in [0.1, 0.15) is 17.5 Å². The largest absolute Gasteiger partial charge is 0.334 e. The number of carbonyl (C=O) groups excluding carboxylic acids is 1. The Morgan fingerprint density at radius 3 is 2.89 bits per heavy atom. The zero-order valence-corrected chi connectivity index (χ0v) is 11.6. The average Bonchev–Trinajstić information content (AvgIpc) is 2.96. The first-order valence-electron chi connectivity index (χ1n) is 6.20. The normalized spacial score (nSPS) is 10.8. The lowest BCUT2D eigenvalue weighted by atomic mass is 10.3. The molecule has 4 heteroatoms. The van der Waals surface area contributed by atoms with Crippen LogP contribution < -0.4 is 0 Å². The summed E-state index contributed by atoms with van der Waals surface area (Å²) in [6.45, 7) is 3.35. The van der Waals surface area contributed by atoms with Crippen LogP contribution in [0.2, 0.25) is 0 Å². The highest BCUT2D eigenvalue weighted by molar-refractivity contribution is 7.09. The molecule has 2 heterocycles. The van der Waals surface area contributed by atoms with Gasteiger partial charge in [-0.3, -0.25) is 9.78 Å². The van der Waals surface area contributed by atoms with E-state index in [2.05, 4.69) is 4.98 Å². The minimum atomic E-state index is 0.0153. The molecule has 1 amide bonds. The molecule has 0 fully saturated rings. The van der Waals surface area contributed by atoms with Crippen LogP contribution >= 0.6 is 11.3 Å². The van der Waals surface area contributed by atoms with Crippen molar-refractivity contribution in [1.82, 2.24) is 9.88 Å². The SMILES string of the molecule is CCN(Cc1cccs1)C(=O)C=Cc1ccccn1. The van der Waals surface area contributed by atoms with E-state index in [9.17, 15) is 4.79 Å². The Morgan fingerprint density at radius 1 is 1.37 bits per heavy atom. The molecular formula is C15H16N2OS. The number of hydrogen-bond donors (Lipinski definition) is 0. The number of pyridine rings is 1. The van der Waals surface area contributed by atoms with Crippen molar-refractivity contribution < 1.29 is 4.79 Å². The van der Waals surface area contributed by atoms with E-state index in [1.807, 2.05) is 47.5 Å². The van der Waals surface area contributed by atoms with Gasteiger partial charge in [0.1, 0.15) is 0 Å². The molecule has 0 aromatic carbocycles. The summed E-state index contributed by atoms with van der Waals surface area (Å²) >= 11 is 1.67. The second-order valence-corrected chi connectivity index (χ2v) is 5.05. The van der Waals surface area contributed by atoms with Crippen LogP contribution in [0.5, 0.6) is 0 Å². The first-order chi connectivity index (χ1) is 9.29. The van der Waals surface area contributed by atoms with E-state index in [1.165, 1.54) is 4.88 Å². The highest BCUT2D eigenvalue weighted by atomic mass is 32.1. The third-order valence-electron chi connectivity index (χ3n) is 2.70. The van der Waals surface area contributed by atoms with Crippen LogP contribution in [0.15, 0.2) is 48.0 Å². The Labute approximate surface area is 117 Å². The monoisotopic (exact) mass is 272 g/mol. The fraction of sp³-hybridized carbons (Fsp3) is 0.200. The smallest absolute Gasteiger partial charge is 0.246 e. The minimum Gasteiger partial charge on any atom is -0.334 e. The lowest BCUT2D eigenvalue weighted by Crippen LogP contribution is -2.28. The van der Waals surface area contributed by atoms with Crippen molar-refractivity contribution in [3.63, 3.8) is 0 Å². The van der Waals surface area contributed by atoms with E-state index in [0.717, 1.165) is 5.69 Å². The van der Waals surface area contributed by atoms with Gasteiger partial charge in [0.2, 0.25) is 5.91 Å². The maximum Gasteiger partial charge on any atom is 0.246 e. The van der Waals surface area contributed by atoms with Crippen LogP contribution in [0.25, 0.3) is 6.08 Å². The minimum absolute atomic E-state index is 0.0153. The Balaban J connectivity index is 1.99. The molecule has 0 aliphatic heterocycles. The summed E-state index contributed by atoms with van der Waals surface area (Å²) in [6.07, 6.45) is 5.05. The quantitative estimate of drug-likeness (QED) is 0.783. The zero-order valence-electron chi connectivity index (χ0n) is 10.8. The van der Waals surface area contributed by atoms with E-state index in [4.69, 9.17) is 0 Å². The molecule has 0 spiro atoms. The predicted molar refractivity (Wildman–Crippen MR) is 78.7 cm³/mol. The van der Waals surface area contributed by atoms with Crippen LogP contribution in [-0.2, 0) is 11.3 Å². The molecule has 19 heavy (non-hydrogen) atoms. The molecule has 0 saturated carbocycles. The summed E-state index contributed by atoms with van der Waals surface area (Å²) in [5.74, 6) is 0.0153. The molecule has 0 unspecified atom stereocenters. The van der Waals surface area contributed by atoms with Gasteiger partial charge in [-0.25, -0.2) is 0 Å². The molecule has 3 nitrogen and oxygen atoms in total. The van der Waals surface area contributed by atoms with Crippen molar-refractivity contribution in [1.29, 1.82) is 0 Å². The lowest BCUT2D eigenvalue weighted by Gasteiger charge is -2.18. The molecular weight excluding hydrogens is 256 g/mol. The topological polar surface area (TPSA) is 33.2 Å². The number of carbonyl (C=O) groups is 1. The van der Waals surface area contributed by atoms with Crippen molar-refractivity contribution in [2.45, 2.75) is 13.5 Å². The summed E-state index contributed by atoms with van der Waals surface area (Å²) in [5.41, 5.74) is 0.794. The fourth-order valence-corrected chi connectivity index (χ4v) is 2.39. The van der Waals surface area contributed by atoms with Crippen LogP contribution in [-0.4, -0.2) is 22.3 Å². The van der Waals surface area contributed by atoms with Crippen molar-refractivity contribution in [3.8, 4) is 0 Å². The second-order valence-electron chi connectivity index (χ2n) is 4.02. The number of nitrogens with zero attached hydrogens (tertiary/aromatic N) is 2. The Bertz CT molecular complexity index is 535. The van der Waals surface area contributed by atoms with Gasteiger partial charge in [0.05, 0.1) is 12.2 Å². The van der Waals surface area contributed by atoms with Crippen molar-refractivity contribution >= 4 is 23.3 Å². The predicted octanol–water partition coefficient (Wildman–Crippen LogP) is 3.21. The Hall–Kier alpha value is -1.94. The number of amides is 1. The van der Waals surface area contributed by atoms with Gasteiger partial charge in [-0.15, -0.1) is 11.3 Å². The molecule has 2 aromatic rings. The summed E-state index contributed by atoms with van der Waals surface area (Å²) in [7, 11) is 0. The lowest BCUT2D eigenvalue weighted by molar-refractivity contribution is -0.126. The van der Waals surface area contributed by atoms with E-state index in [1.54, 1.807) is 29.7 Å². The molecule has 0 N–H and O–H groups in total. The number of likely N-dealkylation sites (N-methyl/N-ethyl adjacent to an activating group) is 1. The summed E-state index contributed by atoms with van der Waals surface area (Å²) < 4.78 is 0. The molecule has 0 saturated heterocycles. The van der Waals surface area contributed by atoms with Gasteiger partial charge in [0, 0.05) is 23.7 Å². The first-order valence-corrected chi connectivity index (χ1v) is 7.08. The van der Waals surface area contributed by atoms with Crippen LogP contribution in [0.4, 0.5) is 0 Å². The van der Waals surface area contributed by atoms with E-state index in [-0.39, 0.29) is 5.91 Å². The van der Waals surface area contributed by atoms with Crippen LogP contribution in [0.3, 0.4) is 0 Å². The molecule has 0 radical (unpaired) electrons. The third kappa shape index (κ3) is 4.03. The highest BCUT2D eigenvalue weighted by Crippen LogP contribution is 2.12. The van der Waals surface area contributed by atoms with Gasteiger partial charge < -0.3 is 4.90 Å². The standard InChI is InChI=1S/C15H16N2OS/c1-2-17(12-14-7-5-11-19-14)15(18)9-8-13-6-3-4-10-16-13/h3-11H,2,12H2,1H3. The summed E-state index contributed by atoms with van der Waals surface area (Å²) in [5, 5.41) is 2.03. The number of rotatable bonds is 5. The average molecular weight is 272 g/mol. The molecule has 98 valence electrons. The van der Waals surface area contributed by atoms with Crippen molar-refractivity contribution in [3.05, 3.63) is 58.6 Å². The molecule has 0 bridgehead atoms. The fourth-order valence-electron chi connectivity index (χ4n) is 1.67. The highest BCUT2D eigenvalue weighted by Gasteiger charge is 2.09. The van der Waals surface area contributed by atoms with Gasteiger partial charge in [0.25, 0.3) is 0 Å². The van der Waals surface area contributed by atoms with E-state index in [0.29, 0.717) is 13.1 Å². The van der Waals surface area contributed by atoms with Crippen LogP contribution in [0, 0.1) is 0 Å². The second kappa shape index (κ2) is 6.85. The maximum absolute atomic E-state index is 12.1. The zero-order chi connectivity index (χ0) is 13.5. The number of aromatic nitrogens is 1.